The van der Waals surface area contributed by atoms with Crippen molar-refractivity contribution in [2.75, 3.05) is 0 Å². The zero-order valence-corrected chi connectivity index (χ0v) is 15.0. The average Bonchev–Trinajstić information content (AvgIpc) is 3.09. The molecular formula is C19H17ClF3N3O. The van der Waals surface area contributed by atoms with Crippen LogP contribution in [0.5, 0.6) is 0 Å². The van der Waals surface area contributed by atoms with Crippen LogP contribution in [-0.2, 0) is 11.7 Å². The highest BCUT2D eigenvalue weighted by molar-refractivity contribution is 5.85. The van der Waals surface area contributed by atoms with Gasteiger partial charge in [0.05, 0.1) is 11.1 Å². The molecule has 1 aliphatic rings. The Hall–Kier alpha value is -2.38. The van der Waals surface area contributed by atoms with E-state index in [1.54, 1.807) is 6.07 Å². The number of hydrogen-bond acceptors (Lipinski definition) is 4. The molecule has 0 bridgehead atoms. The van der Waals surface area contributed by atoms with Gasteiger partial charge in [0.1, 0.15) is 0 Å². The molecular weight excluding hydrogens is 379 g/mol. The summed E-state index contributed by atoms with van der Waals surface area (Å²) in [5, 5.41) is 4.01. The van der Waals surface area contributed by atoms with E-state index in [9.17, 15) is 13.2 Å². The van der Waals surface area contributed by atoms with Crippen molar-refractivity contribution < 1.29 is 17.7 Å². The van der Waals surface area contributed by atoms with E-state index in [4.69, 9.17) is 10.3 Å². The summed E-state index contributed by atoms with van der Waals surface area (Å²) >= 11 is 0. The molecule has 1 fully saturated rings. The van der Waals surface area contributed by atoms with E-state index in [-0.39, 0.29) is 12.4 Å². The van der Waals surface area contributed by atoms with Crippen LogP contribution in [0.15, 0.2) is 53.1 Å². The molecule has 0 amide bonds. The monoisotopic (exact) mass is 395 g/mol. The third kappa shape index (κ3) is 3.57. The molecule has 4 rings (SSSR count). The summed E-state index contributed by atoms with van der Waals surface area (Å²) in [6.45, 7) is 0. The maximum absolute atomic E-state index is 12.8. The minimum atomic E-state index is -4.36. The number of aromatic nitrogens is 2. The fraction of sp³-hybridized carbons (Fsp3) is 0.263. The minimum absolute atomic E-state index is 0. The number of hydrogen-bond donors (Lipinski definition) is 1. The number of rotatable bonds is 3. The first kappa shape index (κ1) is 19.4. The van der Waals surface area contributed by atoms with Crippen molar-refractivity contribution >= 4 is 12.4 Å². The summed E-state index contributed by atoms with van der Waals surface area (Å²) in [6.07, 6.45) is -1.71. The molecule has 2 aromatic carbocycles. The van der Waals surface area contributed by atoms with Gasteiger partial charge in [0.15, 0.2) is 5.82 Å². The smallest absolute Gasteiger partial charge is 0.334 e. The van der Waals surface area contributed by atoms with Gasteiger partial charge >= 0.3 is 6.18 Å². The van der Waals surface area contributed by atoms with E-state index in [1.807, 2.05) is 18.2 Å². The second-order valence-electron chi connectivity index (χ2n) is 6.55. The first-order chi connectivity index (χ1) is 12.4. The molecule has 0 aliphatic heterocycles. The maximum atomic E-state index is 12.8. The van der Waals surface area contributed by atoms with Gasteiger partial charge < -0.3 is 10.3 Å². The molecule has 3 aromatic rings. The van der Waals surface area contributed by atoms with Gasteiger partial charge in [-0.25, -0.2) is 0 Å². The third-order valence-electron chi connectivity index (χ3n) is 4.80. The highest BCUT2D eigenvalue weighted by Gasteiger charge is 2.39. The van der Waals surface area contributed by atoms with E-state index in [0.717, 1.165) is 37.0 Å². The number of nitrogens with zero attached hydrogens (tertiary/aromatic N) is 2. The van der Waals surface area contributed by atoms with Crippen molar-refractivity contribution in [3.63, 3.8) is 0 Å². The number of benzene rings is 2. The highest BCUT2D eigenvalue weighted by atomic mass is 35.5. The van der Waals surface area contributed by atoms with Crippen LogP contribution < -0.4 is 5.73 Å². The number of halogens is 4. The van der Waals surface area contributed by atoms with Gasteiger partial charge in [0.2, 0.25) is 0 Å². The van der Waals surface area contributed by atoms with E-state index < -0.39 is 17.3 Å². The van der Waals surface area contributed by atoms with Crippen molar-refractivity contribution in [3.05, 3.63) is 59.9 Å². The predicted molar refractivity (Wildman–Crippen MR) is 97.1 cm³/mol. The Balaban J connectivity index is 0.00000210. The van der Waals surface area contributed by atoms with Gasteiger partial charge in [-0.1, -0.05) is 35.5 Å². The Morgan fingerprint density at radius 1 is 0.963 bits per heavy atom. The van der Waals surface area contributed by atoms with E-state index >= 15 is 0 Å². The minimum Gasteiger partial charge on any atom is -0.334 e. The summed E-state index contributed by atoms with van der Waals surface area (Å²) < 4.78 is 43.7. The van der Waals surface area contributed by atoms with Crippen molar-refractivity contribution in [3.8, 4) is 22.6 Å². The lowest BCUT2D eigenvalue weighted by Crippen LogP contribution is -2.44. The maximum Gasteiger partial charge on any atom is 0.416 e. The molecule has 0 spiro atoms. The first-order valence-corrected chi connectivity index (χ1v) is 8.27. The Bertz CT molecular complexity index is 934. The lowest BCUT2D eigenvalue weighted by molar-refractivity contribution is -0.137. The van der Waals surface area contributed by atoms with Gasteiger partial charge in [-0.3, -0.25) is 0 Å². The summed E-state index contributed by atoms with van der Waals surface area (Å²) in [7, 11) is 0. The lowest BCUT2D eigenvalue weighted by atomic mass is 9.77. The second kappa shape index (κ2) is 6.98. The zero-order chi connectivity index (χ0) is 18.4. The largest absolute Gasteiger partial charge is 0.416 e. The molecule has 0 saturated heterocycles. The summed E-state index contributed by atoms with van der Waals surface area (Å²) in [5.41, 5.74) is 7.03. The van der Waals surface area contributed by atoms with Crippen LogP contribution >= 0.6 is 12.4 Å². The molecule has 0 unspecified atom stereocenters. The Labute approximate surface area is 160 Å². The Kier molecular flexibility index (Phi) is 5.01. The van der Waals surface area contributed by atoms with Crippen LogP contribution in [0.4, 0.5) is 13.2 Å². The molecule has 1 aromatic heterocycles. The Morgan fingerprint density at radius 2 is 1.59 bits per heavy atom. The second-order valence-corrected chi connectivity index (χ2v) is 6.55. The normalized spacial score (nSPS) is 15.7. The fourth-order valence-corrected chi connectivity index (χ4v) is 3.08. The van der Waals surface area contributed by atoms with Crippen molar-refractivity contribution in [1.29, 1.82) is 0 Å². The van der Waals surface area contributed by atoms with Gasteiger partial charge in [-0.15, -0.1) is 12.4 Å². The van der Waals surface area contributed by atoms with Crippen LogP contribution in [-0.4, -0.2) is 10.1 Å². The van der Waals surface area contributed by atoms with Crippen LogP contribution in [0, 0.1) is 0 Å². The fourth-order valence-electron chi connectivity index (χ4n) is 3.08. The molecule has 1 aliphatic carbocycles. The summed E-state index contributed by atoms with van der Waals surface area (Å²) in [5.74, 6) is 0.785. The van der Waals surface area contributed by atoms with Crippen molar-refractivity contribution in [1.82, 2.24) is 10.1 Å². The van der Waals surface area contributed by atoms with Crippen LogP contribution in [0.3, 0.4) is 0 Å². The molecule has 1 saturated carbocycles. The number of nitrogens with two attached hydrogens (primary N) is 1. The van der Waals surface area contributed by atoms with E-state index in [1.165, 1.54) is 12.1 Å². The number of alkyl halides is 3. The average molecular weight is 396 g/mol. The van der Waals surface area contributed by atoms with Gasteiger partial charge in [0, 0.05) is 5.56 Å². The SMILES string of the molecule is Cl.NC1(c2noc(-c3ccccc3-c3ccc(C(F)(F)F)cc3)n2)CCC1. The molecule has 0 radical (unpaired) electrons. The molecule has 142 valence electrons. The van der Waals surface area contributed by atoms with Gasteiger partial charge in [-0.2, -0.15) is 18.2 Å². The van der Waals surface area contributed by atoms with Gasteiger partial charge in [-0.05, 0) is 48.6 Å². The first-order valence-electron chi connectivity index (χ1n) is 8.27. The topological polar surface area (TPSA) is 64.9 Å². The van der Waals surface area contributed by atoms with Gasteiger partial charge in [0.25, 0.3) is 5.89 Å². The molecule has 2 N–H and O–H groups in total. The quantitative estimate of drug-likeness (QED) is 0.663. The summed E-state index contributed by atoms with van der Waals surface area (Å²) in [4.78, 5) is 4.43. The zero-order valence-electron chi connectivity index (χ0n) is 14.2. The van der Waals surface area contributed by atoms with Crippen LogP contribution in [0.2, 0.25) is 0 Å². The van der Waals surface area contributed by atoms with Crippen molar-refractivity contribution in [2.24, 2.45) is 5.73 Å². The lowest BCUT2D eigenvalue weighted by Gasteiger charge is -2.34. The molecule has 1 heterocycles. The molecule has 8 heteroatoms. The van der Waals surface area contributed by atoms with Crippen LogP contribution in [0.25, 0.3) is 22.6 Å². The molecule has 4 nitrogen and oxygen atoms in total. The Morgan fingerprint density at radius 3 is 2.15 bits per heavy atom. The predicted octanol–water partition coefficient (Wildman–Crippen LogP) is 5.18. The standard InChI is InChI=1S/C19H16F3N3O.ClH/c20-19(21,22)13-8-6-12(7-9-13)14-4-1-2-5-15(14)16-24-17(25-26-16)18(23)10-3-11-18;/h1-2,4-9H,3,10-11,23H2;1H. The van der Waals surface area contributed by atoms with Crippen molar-refractivity contribution in [2.45, 2.75) is 31.0 Å². The van der Waals surface area contributed by atoms with E-state index in [2.05, 4.69) is 10.1 Å². The summed E-state index contributed by atoms with van der Waals surface area (Å²) in [6, 6.07) is 12.2. The molecule has 0 atom stereocenters. The van der Waals surface area contributed by atoms with E-state index in [0.29, 0.717) is 22.8 Å². The third-order valence-corrected chi connectivity index (χ3v) is 4.80. The molecule has 27 heavy (non-hydrogen) atoms. The van der Waals surface area contributed by atoms with Crippen LogP contribution in [0.1, 0.15) is 30.7 Å². The highest BCUT2D eigenvalue weighted by Crippen LogP contribution is 2.39.